The molecule has 0 aromatic carbocycles. The largest absolute Gasteiger partial charge is 0.490 e. The van der Waals surface area contributed by atoms with Crippen LogP contribution < -0.4 is 0 Å². The fourth-order valence-corrected chi connectivity index (χ4v) is 7.85. The van der Waals surface area contributed by atoms with Crippen molar-refractivity contribution in [1.29, 1.82) is 0 Å². The van der Waals surface area contributed by atoms with Gasteiger partial charge in [-0.3, -0.25) is 9.21 Å². The van der Waals surface area contributed by atoms with E-state index in [0.29, 0.717) is 12.1 Å². The normalized spacial score (nSPS) is 26.0. The molecule has 0 bridgehead atoms. The number of rotatable bonds is 14. The lowest BCUT2D eigenvalue weighted by Gasteiger charge is -2.24. The van der Waals surface area contributed by atoms with Gasteiger partial charge in [0.15, 0.2) is 5.44 Å². The summed E-state index contributed by atoms with van der Waals surface area (Å²) in [4.78, 5) is 36.2. The first-order valence-electron chi connectivity index (χ1n) is 8.91. The van der Waals surface area contributed by atoms with Crippen LogP contribution in [0.15, 0.2) is 6.20 Å². The van der Waals surface area contributed by atoms with Gasteiger partial charge in [0.2, 0.25) is 5.14 Å². The minimum atomic E-state index is -5.61. The Morgan fingerprint density at radius 3 is 2.55 bits per heavy atom. The number of aryl methyl sites for hydroxylation is 1. The molecule has 1 radical (unpaired) electrons. The van der Waals surface area contributed by atoms with E-state index >= 15 is 0 Å². The standard InChI is InChI=1S/C11H21BIN3O12P3S2/c1-3-32-33-11(7-5-16(2)15-14-7)26-8-4-10(12-13)25-9(8)6-24-30(20,21)28-31(22,23)27-29(17,18)19/h5,8-11H,3-4,6H2,1-2H3,(H,20,21)(H,22,23)(H2,17,18,19). The highest BCUT2D eigenvalue weighted by Gasteiger charge is 2.43. The molecule has 6 unspecified atom stereocenters. The molecule has 6 atom stereocenters. The van der Waals surface area contributed by atoms with Crippen molar-refractivity contribution < 1.29 is 55.9 Å². The van der Waals surface area contributed by atoms with E-state index in [0.717, 1.165) is 5.75 Å². The molecule has 0 saturated carbocycles. The number of hydrogen-bond acceptors (Lipinski definition) is 12. The molecule has 1 fully saturated rings. The first-order chi connectivity index (χ1) is 15.2. The third-order valence-corrected chi connectivity index (χ3v) is 10.8. The van der Waals surface area contributed by atoms with Gasteiger partial charge in [0, 0.05) is 18.8 Å². The van der Waals surface area contributed by atoms with Crippen molar-refractivity contribution in [2.75, 3.05) is 12.4 Å². The summed E-state index contributed by atoms with van der Waals surface area (Å²) in [6, 6.07) is -0.378. The molecule has 0 aliphatic carbocycles. The molecule has 2 rings (SSSR count). The van der Waals surface area contributed by atoms with Gasteiger partial charge in [0.1, 0.15) is 11.8 Å². The summed E-state index contributed by atoms with van der Waals surface area (Å²) in [6.45, 7) is 1.37. The van der Waals surface area contributed by atoms with E-state index in [2.05, 4.69) is 18.9 Å². The van der Waals surface area contributed by atoms with Gasteiger partial charge in [0.25, 0.3) is 0 Å². The van der Waals surface area contributed by atoms with Crippen LogP contribution >= 0.6 is 67.4 Å². The smallest absolute Gasteiger partial charge is 0.378 e. The van der Waals surface area contributed by atoms with Crippen LogP contribution in [0.2, 0.25) is 0 Å². The summed E-state index contributed by atoms with van der Waals surface area (Å²) in [6.07, 6.45) is 0.538. The van der Waals surface area contributed by atoms with Crippen LogP contribution in [0.25, 0.3) is 0 Å². The van der Waals surface area contributed by atoms with Gasteiger partial charge in [-0.25, -0.2) is 13.7 Å². The van der Waals surface area contributed by atoms with Crippen LogP contribution in [0.1, 0.15) is 24.5 Å². The van der Waals surface area contributed by atoms with E-state index in [1.807, 2.05) is 29.3 Å². The summed E-state index contributed by atoms with van der Waals surface area (Å²) >= 11 is 1.98. The van der Waals surface area contributed by atoms with Crippen molar-refractivity contribution in [3.63, 3.8) is 0 Å². The number of nitrogens with zero attached hydrogens (tertiary/aromatic N) is 3. The molecule has 22 heteroatoms. The molecule has 1 aliphatic heterocycles. The zero-order chi connectivity index (χ0) is 24.9. The van der Waals surface area contributed by atoms with Crippen molar-refractivity contribution in [3.8, 4) is 0 Å². The Morgan fingerprint density at radius 2 is 2.00 bits per heavy atom. The van der Waals surface area contributed by atoms with Crippen molar-refractivity contribution in [3.05, 3.63) is 11.9 Å². The number of phosphoric acid groups is 3. The van der Waals surface area contributed by atoms with Gasteiger partial charge in [-0.2, -0.15) is 31.0 Å². The maximum atomic E-state index is 12.0. The number of ether oxygens (including phenoxy) is 2. The van der Waals surface area contributed by atoms with Crippen molar-refractivity contribution >= 4 is 72.6 Å². The summed E-state index contributed by atoms with van der Waals surface area (Å²) in [5.74, 6) is 0.797. The number of hydrogen-bond donors (Lipinski definition) is 4. The zero-order valence-corrected chi connectivity index (χ0v) is 23.5. The topological polar surface area (TPSA) is 209 Å². The minimum absolute atomic E-state index is 0.376. The Balaban J connectivity index is 2.06. The highest BCUT2D eigenvalue weighted by Crippen LogP contribution is 2.66. The number of phosphoric ester groups is 1. The first-order valence-corrected chi connectivity index (χ1v) is 17.1. The van der Waals surface area contributed by atoms with Gasteiger partial charge in [-0.15, -0.1) is 5.10 Å². The summed E-state index contributed by atoms with van der Waals surface area (Å²) in [7, 11) is -11.7. The van der Waals surface area contributed by atoms with Gasteiger partial charge >= 0.3 is 23.5 Å². The average molecular weight is 682 g/mol. The maximum absolute atomic E-state index is 12.0. The van der Waals surface area contributed by atoms with Gasteiger partial charge in [0.05, 0.1) is 18.9 Å². The average Bonchev–Trinajstić information content (AvgIpc) is 3.26. The van der Waals surface area contributed by atoms with Crippen LogP contribution in [-0.2, 0) is 43.4 Å². The quantitative estimate of drug-likeness (QED) is 0.0728. The molecular weight excluding hydrogens is 661 g/mol. The lowest BCUT2D eigenvalue weighted by atomic mass is 9.96. The van der Waals surface area contributed by atoms with E-state index in [-0.39, 0.29) is 6.00 Å². The van der Waals surface area contributed by atoms with E-state index < -0.39 is 47.7 Å². The molecule has 1 saturated heterocycles. The monoisotopic (exact) mass is 682 g/mol. The third-order valence-electron chi connectivity index (χ3n) is 3.62. The molecule has 1 aromatic rings. The Bertz CT molecular complexity index is 926. The lowest BCUT2D eigenvalue weighted by molar-refractivity contribution is -0.0455. The predicted octanol–water partition coefficient (Wildman–Crippen LogP) is 2.11. The van der Waals surface area contributed by atoms with Crippen molar-refractivity contribution in [1.82, 2.24) is 15.0 Å². The van der Waals surface area contributed by atoms with Gasteiger partial charge < -0.3 is 29.0 Å². The molecule has 33 heavy (non-hydrogen) atoms. The molecule has 15 nitrogen and oxygen atoms in total. The van der Waals surface area contributed by atoms with E-state index in [9.17, 15) is 23.5 Å². The second-order valence-electron chi connectivity index (χ2n) is 6.29. The van der Waals surface area contributed by atoms with Crippen LogP contribution in [0, 0.1) is 0 Å². The molecule has 1 aromatic heterocycles. The fraction of sp³-hybridized carbons (Fsp3) is 0.818. The SMILES string of the molecule is CCSSC(OC1CC([B]I)OC1COP(=O)(O)OP(=O)(O)OP(=O)(O)O)c1cn(C)nn1. The molecule has 0 spiro atoms. The van der Waals surface area contributed by atoms with E-state index in [4.69, 9.17) is 23.8 Å². The summed E-state index contributed by atoms with van der Waals surface area (Å²) < 4.78 is 59.8. The Hall–Kier alpha value is 0.965. The second kappa shape index (κ2) is 13.0. The summed E-state index contributed by atoms with van der Waals surface area (Å²) in [5, 5.41) is 9.68. The predicted molar refractivity (Wildman–Crippen MR) is 127 cm³/mol. The molecular formula is C11H21BIN3O12P3S2. The first kappa shape index (κ1) is 30.2. The van der Waals surface area contributed by atoms with E-state index in [1.54, 1.807) is 18.4 Å². The zero-order valence-electron chi connectivity index (χ0n) is 17.0. The van der Waals surface area contributed by atoms with Crippen LogP contribution in [0.4, 0.5) is 0 Å². The van der Waals surface area contributed by atoms with Gasteiger partial charge in [-0.05, 0) is 6.42 Å². The Morgan fingerprint density at radius 1 is 1.30 bits per heavy atom. The molecule has 0 amide bonds. The molecule has 4 N–H and O–H groups in total. The molecule has 2 heterocycles. The highest BCUT2D eigenvalue weighted by molar-refractivity contribution is 14.1. The lowest BCUT2D eigenvalue weighted by Crippen LogP contribution is -2.30. The van der Waals surface area contributed by atoms with Crippen molar-refractivity contribution in [2.24, 2.45) is 7.05 Å². The highest BCUT2D eigenvalue weighted by atomic mass is 127. The Kier molecular flexibility index (Phi) is 11.9. The third kappa shape index (κ3) is 10.9. The van der Waals surface area contributed by atoms with Gasteiger partial charge in [-0.1, -0.05) is 33.7 Å². The van der Waals surface area contributed by atoms with Crippen molar-refractivity contribution in [2.45, 2.75) is 37.0 Å². The molecule has 189 valence electrons. The number of aromatic nitrogens is 3. The van der Waals surface area contributed by atoms with Crippen LogP contribution in [-0.4, -0.2) is 70.3 Å². The minimum Gasteiger partial charge on any atom is -0.378 e. The Labute approximate surface area is 211 Å². The molecule has 1 aliphatic rings. The maximum Gasteiger partial charge on any atom is 0.490 e. The van der Waals surface area contributed by atoms with Crippen LogP contribution in [0.3, 0.4) is 0 Å². The number of halogens is 1. The van der Waals surface area contributed by atoms with Crippen LogP contribution in [0.5, 0.6) is 0 Å². The second-order valence-corrected chi connectivity index (χ2v) is 14.1. The summed E-state index contributed by atoms with van der Waals surface area (Å²) in [5.41, 5.74) is 0.0104. The fourth-order valence-electron chi connectivity index (χ4n) is 2.49. The van der Waals surface area contributed by atoms with E-state index in [1.165, 1.54) is 26.3 Å².